The Hall–Kier alpha value is -2.00. The summed E-state index contributed by atoms with van der Waals surface area (Å²) < 4.78 is 0. The number of anilines is 1. The summed E-state index contributed by atoms with van der Waals surface area (Å²) in [5, 5.41) is 0.717. The second-order valence-corrected chi connectivity index (χ2v) is 5.11. The first-order valence-corrected chi connectivity index (χ1v) is 6.48. The number of fused-ring (bicyclic) bond motifs is 1. The number of aliphatic imine (C=N–C) groups is 1. The summed E-state index contributed by atoms with van der Waals surface area (Å²) in [6.07, 6.45) is 0. The molecule has 19 heavy (non-hydrogen) atoms. The van der Waals surface area contributed by atoms with Gasteiger partial charge in [-0.05, 0) is 41.5 Å². The molecule has 4 heteroatoms. The van der Waals surface area contributed by atoms with Gasteiger partial charge in [-0.1, -0.05) is 23.7 Å². The van der Waals surface area contributed by atoms with Gasteiger partial charge < -0.3 is 11.5 Å². The Bertz CT molecular complexity index is 647. The Kier molecular flexibility index (Phi) is 2.91. The molecule has 3 rings (SSSR count). The van der Waals surface area contributed by atoms with Gasteiger partial charge in [0.05, 0.1) is 6.54 Å². The van der Waals surface area contributed by atoms with Crippen molar-refractivity contribution in [1.82, 2.24) is 0 Å². The fourth-order valence-corrected chi connectivity index (χ4v) is 2.62. The molecule has 3 nitrogen and oxygen atoms in total. The number of amidine groups is 1. The molecule has 1 unspecified atom stereocenters. The van der Waals surface area contributed by atoms with Gasteiger partial charge in [-0.2, -0.15) is 0 Å². The van der Waals surface area contributed by atoms with Crippen molar-refractivity contribution >= 4 is 23.1 Å². The molecule has 2 aromatic rings. The van der Waals surface area contributed by atoms with Crippen LogP contribution in [0, 0.1) is 0 Å². The van der Waals surface area contributed by atoms with Gasteiger partial charge in [0.2, 0.25) is 0 Å². The van der Waals surface area contributed by atoms with Crippen molar-refractivity contribution in [1.29, 1.82) is 0 Å². The second kappa shape index (κ2) is 4.59. The highest BCUT2D eigenvalue weighted by Crippen LogP contribution is 2.33. The standard InChI is InChI=1S/C15H14ClN3/c16-10-3-6-12-13(7-10)14(8-19-15(12)18)9-1-4-11(17)5-2-9/h1-7,14H,8,17H2,(H2,18,19). The Morgan fingerprint density at radius 3 is 2.53 bits per heavy atom. The quantitative estimate of drug-likeness (QED) is 0.784. The van der Waals surface area contributed by atoms with Gasteiger partial charge in [-0.3, -0.25) is 4.99 Å². The Labute approximate surface area is 116 Å². The molecule has 0 spiro atoms. The average Bonchev–Trinajstić information content (AvgIpc) is 2.40. The van der Waals surface area contributed by atoms with Gasteiger partial charge >= 0.3 is 0 Å². The zero-order valence-corrected chi connectivity index (χ0v) is 11.1. The van der Waals surface area contributed by atoms with Crippen LogP contribution in [0.2, 0.25) is 5.02 Å². The van der Waals surface area contributed by atoms with Crippen molar-refractivity contribution < 1.29 is 0 Å². The molecule has 0 radical (unpaired) electrons. The van der Waals surface area contributed by atoms with Crippen LogP contribution in [0.15, 0.2) is 47.5 Å². The van der Waals surface area contributed by atoms with Crippen molar-refractivity contribution in [2.24, 2.45) is 10.7 Å². The molecule has 0 aliphatic carbocycles. The summed E-state index contributed by atoms with van der Waals surface area (Å²) in [5.41, 5.74) is 15.7. The van der Waals surface area contributed by atoms with Gasteiger partial charge in [0.1, 0.15) is 5.84 Å². The number of rotatable bonds is 1. The smallest absolute Gasteiger partial charge is 0.125 e. The topological polar surface area (TPSA) is 64.4 Å². The summed E-state index contributed by atoms with van der Waals surface area (Å²) in [5.74, 6) is 0.764. The van der Waals surface area contributed by atoms with Gasteiger partial charge in [0.15, 0.2) is 0 Å². The molecule has 0 aromatic heterocycles. The highest BCUT2D eigenvalue weighted by molar-refractivity contribution is 6.30. The van der Waals surface area contributed by atoms with E-state index >= 15 is 0 Å². The Morgan fingerprint density at radius 1 is 1.05 bits per heavy atom. The average molecular weight is 272 g/mol. The van der Waals surface area contributed by atoms with E-state index in [4.69, 9.17) is 23.1 Å². The van der Waals surface area contributed by atoms with Crippen molar-refractivity contribution in [3.8, 4) is 0 Å². The first-order chi connectivity index (χ1) is 9.15. The molecular weight excluding hydrogens is 258 g/mol. The summed E-state index contributed by atoms with van der Waals surface area (Å²) >= 11 is 6.10. The first-order valence-electron chi connectivity index (χ1n) is 6.10. The molecule has 0 saturated heterocycles. The van der Waals surface area contributed by atoms with Crippen molar-refractivity contribution in [3.63, 3.8) is 0 Å². The molecule has 1 atom stereocenters. The van der Waals surface area contributed by atoms with Crippen molar-refractivity contribution in [2.75, 3.05) is 12.3 Å². The molecule has 4 N–H and O–H groups in total. The van der Waals surface area contributed by atoms with Gasteiger partial charge in [0.25, 0.3) is 0 Å². The zero-order valence-electron chi connectivity index (χ0n) is 10.3. The third-order valence-corrected chi connectivity index (χ3v) is 3.68. The molecule has 2 aromatic carbocycles. The number of halogens is 1. The summed E-state index contributed by atoms with van der Waals surface area (Å²) in [7, 11) is 0. The van der Waals surface area contributed by atoms with Crippen molar-refractivity contribution in [3.05, 3.63) is 64.2 Å². The highest BCUT2D eigenvalue weighted by atomic mass is 35.5. The van der Waals surface area contributed by atoms with E-state index in [1.807, 2.05) is 42.5 Å². The van der Waals surface area contributed by atoms with Crippen LogP contribution in [0.5, 0.6) is 0 Å². The molecule has 1 aliphatic heterocycles. The van der Waals surface area contributed by atoms with E-state index in [9.17, 15) is 0 Å². The maximum atomic E-state index is 6.10. The minimum absolute atomic E-state index is 0.182. The maximum Gasteiger partial charge on any atom is 0.125 e. The minimum Gasteiger partial charge on any atom is -0.399 e. The lowest BCUT2D eigenvalue weighted by molar-refractivity contribution is 0.802. The van der Waals surface area contributed by atoms with Crippen LogP contribution in [-0.4, -0.2) is 12.4 Å². The van der Waals surface area contributed by atoms with E-state index in [1.165, 1.54) is 5.56 Å². The monoisotopic (exact) mass is 271 g/mol. The van der Waals surface area contributed by atoms with E-state index in [0.29, 0.717) is 17.4 Å². The number of nitrogens with zero attached hydrogens (tertiary/aromatic N) is 1. The van der Waals surface area contributed by atoms with Crippen LogP contribution in [0.4, 0.5) is 5.69 Å². The number of nitrogen functional groups attached to an aromatic ring is 1. The molecule has 0 amide bonds. The third kappa shape index (κ3) is 2.17. The van der Waals surface area contributed by atoms with Gasteiger partial charge in [0, 0.05) is 22.2 Å². The Balaban J connectivity index is 2.11. The molecule has 0 bridgehead atoms. The predicted octanol–water partition coefficient (Wildman–Crippen LogP) is 2.77. The molecule has 0 saturated carbocycles. The lowest BCUT2D eigenvalue weighted by Gasteiger charge is -2.24. The summed E-state index contributed by atoms with van der Waals surface area (Å²) in [6.45, 7) is 0.642. The normalized spacial score (nSPS) is 17.7. The van der Waals surface area contributed by atoms with Crippen molar-refractivity contribution in [2.45, 2.75) is 5.92 Å². The molecular formula is C15H14ClN3. The maximum absolute atomic E-state index is 6.10. The molecule has 1 heterocycles. The fourth-order valence-electron chi connectivity index (χ4n) is 2.44. The number of nitrogens with two attached hydrogens (primary N) is 2. The van der Waals surface area contributed by atoms with E-state index in [-0.39, 0.29) is 5.92 Å². The van der Waals surface area contributed by atoms with Crippen LogP contribution < -0.4 is 11.5 Å². The largest absolute Gasteiger partial charge is 0.399 e. The molecule has 1 aliphatic rings. The molecule has 0 fully saturated rings. The van der Waals surface area contributed by atoms with Crippen LogP contribution in [-0.2, 0) is 0 Å². The number of hydrogen-bond donors (Lipinski definition) is 2. The highest BCUT2D eigenvalue weighted by Gasteiger charge is 2.23. The van der Waals surface area contributed by atoms with E-state index < -0.39 is 0 Å². The van der Waals surface area contributed by atoms with E-state index in [1.54, 1.807) is 0 Å². The van der Waals surface area contributed by atoms with Crippen LogP contribution >= 0.6 is 11.6 Å². The third-order valence-electron chi connectivity index (χ3n) is 3.45. The fraction of sp³-hybridized carbons (Fsp3) is 0.133. The lowest BCUT2D eigenvalue weighted by Crippen LogP contribution is -2.24. The van der Waals surface area contributed by atoms with Crippen LogP contribution in [0.25, 0.3) is 0 Å². The van der Waals surface area contributed by atoms with Gasteiger partial charge in [-0.15, -0.1) is 0 Å². The van der Waals surface area contributed by atoms with Crippen LogP contribution in [0.3, 0.4) is 0 Å². The Morgan fingerprint density at radius 2 is 1.79 bits per heavy atom. The second-order valence-electron chi connectivity index (χ2n) is 4.68. The van der Waals surface area contributed by atoms with E-state index in [0.717, 1.165) is 16.8 Å². The van der Waals surface area contributed by atoms with E-state index in [2.05, 4.69) is 4.99 Å². The zero-order chi connectivity index (χ0) is 13.4. The number of hydrogen-bond acceptors (Lipinski definition) is 3. The number of benzene rings is 2. The predicted molar refractivity (Wildman–Crippen MR) is 79.7 cm³/mol. The summed E-state index contributed by atoms with van der Waals surface area (Å²) in [4.78, 5) is 4.40. The lowest BCUT2D eigenvalue weighted by atomic mass is 9.86. The summed E-state index contributed by atoms with van der Waals surface area (Å²) in [6, 6.07) is 13.6. The van der Waals surface area contributed by atoms with Crippen LogP contribution in [0.1, 0.15) is 22.6 Å². The SMILES string of the molecule is NC1=NCC(c2ccc(N)cc2)c2cc(Cl)ccc21. The molecule has 96 valence electrons. The van der Waals surface area contributed by atoms with Gasteiger partial charge in [-0.25, -0.2) is 0 Å². The minimum atomic E-state index is 0.182. The first kappa shape index (κ1) is 12.1.